The van der Waals surface area contributed by atoms with E-state index in [1.54, 1.807) is 11.8 Å². The van der Waals surface area contributed by atoms with E-state index in [2.05, 4.69) is 21.6 Å². The minimum atomic E-state index is -0.175. The monoisotopic (exact) mass is 336 g/mol. The zero-order valence-electron chi connectivity index (χ0n) is 13.0. The van der Waals surface area contributed by atoms with Gasteiger partial charge in [0.05, 0.1) is 17.1 Å². The minimum absolute atomic E-state index is 0.175. The first-order valence-corrected chi connectivity index (χ1v) is 8.72. The fraction of sp³-hybridized carbons (Fsp3) is 0.167. The molecule has 6 heteroatoms. The Morgan fingerprint density at radius 1 is 1.21 bits per heavy atom. The van der Waals surface area contributed by atoms with E-state index in [1.807, 2.05) is 48.5 Å². The molecule has 0 aliphatic heterocycles. The maximum atomic E-state index is 12.2. The summed E-state index contributed by atoms with van der Waals surface area (Å²) in [5.74, 6) is 1.35. The Bertz CT molecular complexity index is 897. The Hall–Kier alpha value is -2.78. The molecule has 2 N–H and O–H groups in total. The van der Waals surface area contributed by atoms with Crippen molar-refractivity contribution in [2.75, 3.05) is 12.3 Å². The average molecular weight is 336 g/mol. The van der Waals surface area contributed by atoms with E-state index in [0.29, 0.717) is 17.8 Å². The van der Waals surface area contributed by atoms with Gasteiger partial charge in [-0.2, -0.15) is 22.1 Å². The molecule has 0 radical (unpaired) electrons. The van der Waals surface area contributed by atoms with E-state index in [1.165, 1.54) is 0 Å². The molecule has 0 saturated heterocycles. The number of hydrogen-bond acceptors (Lipinski definition) is 4. The van der Waals surface area contributed by atoms with Crippen LogP contribution in [0.3, 0.4) is 0 Å². The molecule has 24 heavy (non-hydrogen) atoms. The lowest BCUT2D eigenvalue weighted by Gasteiger charge is -2.05. The molecule has 0 bridgehead atoms. The Balaban J connectivity index is 1.48. The Labute approximate surface area is 144 Å². The standard InChI is InChI=1S/C18H16N4OS/c19-11-13-5-1-2-6-14(13)12-24-10-9-20-18(23)17-15-7-3-4-8-16(15)21-22-17/h1-8H,9-10,12H2,(H,20,23)(H,21,22). The molecule has 2 aromatic carbocycles. The molecular weight excluding hydrogens is 320 g/mol. The number of para-hydroxylation sites is 1. The van der Waals surface area contributed by atoms with Crippen molar-refractivity contribution < 1.29 is 4.79 Å². The maximum absolute atomic E-state index is 12.2. The van der Waals surface area contributed by atoms with Crippen molar-refractivity contribution in [1.82, 2.24) is 15.5 Å². The second-order valence-corrected chi connectivity index (χ2v) is 6.30. The topological polar surface area (TPSA) is 81.6 Å². The smallest absolute Gasteiger partial charge is 0.272 e. The highest BCUT2D eigenvalue weighted by atomic mass is 32.2. The van der Waals surface area contributed by atoms with Crippen LogP contribution in [-0.4, -0.2) is 28.4 Å². The number of nitrogens with one attached hydrogen (secondary N) is 2. The van der Waals surface area contributed by atoms with Crippen molar-refractivity contribution in [3.8, 4) is 6.07 Å². The highest BCUT2D eigenvalue weighted by Crippen LogP contribution is 2.16. The lowest BCUT2D eigenvalue weighted by molar-refractivity contribution is 0.0953. The van der Waals surface area contributed by atoms with Crippen LogP contribution < -0.4 is 5.32 Å². The molecule has 1 amide bonds. The highest BCUT2D eigenvalue weighted by Gasteiger charge is 2.12. The summed E-state index contributed by atoms with van der Waals surface area (Å²) in [5, 5.41) is 19.7. The largest absolute Gasteiger partial charge is 0.350 e. The van der Waals surface area contributed by atoms with Crippen LogP contribution in [-0.2, 0) is 5.75 Å². The molecule has 0 saturated carbocycles. The summed E-state index contributed by atoms with van der Waals surface area (Å²) in [5.41, 5.74) is 3.00. The van der Waals surface area contributed by atoms with Crippen LogP contribution in [0.4, 0.5) is 0 Å². The number of rotatable bonds is 6. The SMILES string of the molecule is N#Cc1ccccc1CSCCNC(=O)c1n[nH]c2ccccc12. The van der Waals surface area contributed by atoms with Crippen molar-refractivity contribution in [2.45, 2.75) is 5.75 Å². The third kappa shape index (κ3) is 3.58. The van der Waals surface area contributed by atoms with Gasteiger partial charge in [0, 0.05) is 23.4 Å². The molecule has 0 spiro atoms. The van der Waals surface area contributed by atoms with Crippen LogP contribution in [0.25, 0.3) is 10.9 Å². The molecule has 0 aliphatic carbocycles. The fourth-order valence-corrected chi connectivity index (χ4v) is 3.26. The molecule has 1 heterocycles. The number of amides is 1. The molecule has 3 aromatic rings. The number of aromatic amines is 1. The summed E-state index contributed by atoms with van der Waals surface area (Å²) in [6, 6.07) is 17.3. The number of hydrogen-bond donors (Lipinski definition) is 2. The molecule has 0 aliphatic rings. The van der Waals surface area contributed by atoms with Crippen LogP contribution >= 0.6 is 11.8 Å². The molecular formula is C18H16N4OS. The van der Waals surface area contributed by atoms with Crippen molar-refractivity contribution in [1.29, 1.82) is 5.26 Å². The fourth-order valence-electron chi connectivity index (χ4n) is 2.39. The molecule has 0 fully saturated rings. The van der Waals surface area contributed by atoms with E-state index in [0.717, 1.165) is 28.0 Å². The summed E-state index contributed by atoms with van der Waals surface area (Å²) in [6.45, 7) is 0.555. The molecule has 0 unspecified atom stereocenters. The van der Waals surface area contributed by atoms with Gasteiger partial charge in [0.1, 0.15) is 0 Å². The number of nitrogens with zero attached hydrogens (tertiary/aromatic N) is 2. The number of nitriles is 1. The van der Waals surface area contributed by atoms with Crippen LogP contribution in [0.1, 0.15) is 21.6 Å². The van der Waals surface area contributed by atoms with Crippen LogP contribution in [0.2, 0.25) is 0 Å². The number of carbonyl (C=O) groups is 1. The predicted molar refractivity (Wildman–Crippen MR) is 95.7 cm³/mol. The van der Waals surface area contributed by atoms with E-state index < -0.39 is 0 Å². The van der Waals surface area contributed by atoms with Gasteiger partial charge in [0.2, 0.25) is 0 Å². The lowest BCUT2D eigenvalue weighted by Crippen LogP contribution is -2.26. The van der Waals surface area contributed by atoms with Gasteiger partial charge in [-0.3, -0.25) is 9.89 Å². The quantitative estimate of drug-likeness (QED) is 0.678. The summed E-state index contributed by atoms with van der Waals surface area (Å²) >= 11 is 1.68. The van der Waals surface area contributed by atoms with Gasteiger partial charge >= 0.3 is 0 Å². The number of aromatic nitrogens is 2. The van der Waals surface area contributed by atoms with E-state index in [-0.39, 0.29) is 5.91 Å². The van der Waals surface area contributed by atoms with E-state index in [4.69, 9.17) is 5.26 Å². The third-order valence-corrected chi connectivity index (χ3v) is 4.62. The van der Waals surface area contributed by atoms with E-state index >= 15 is 0 Å². The van der Waals surface area contributed by atoms with Crippen molar-refractivity contribution in [2.24, 2.45) is 0 Å². The molecule has 3 rings (SSSR count). The second kappa shape index (κ2) is 7.66. The number of carbonyl (C=O) groups excluding carboxylic acids is 1. The van der Waals surface area contributed by atoms with Gasteiger partial charge in [-0.1, -0.05) is 36.4 Å². The Morgan fingerprint density at radius 2 is 2.00 bits per heavy atom. The van der Waals surface area contributed by atoms with Gasteiger partial charge in [-0.15, -0.1) is 0 Å². The number of H-pyrrole nitrogens is 1. The van der Waals surface area contributed by atoms with Crippen molar-refractivity contribution in [3.05, 3.63) is 65.4 Å². The first-order valence-electron chi connectivity index (χ1n) is 7.56. The molecule has 1 aromatic heterocycles. The first-order chi connectivity index (χ1) is 11.8. The van der Waals surface area contributed by atoms with Gasteiger partial charge in [0.25, 0.3) is 5.91 Å². The van der Waals surface area contributed by atoms with Crippen LogP contribution in [0.5, 0.6) is 0 Å². The lowest BCUT2D eigenvalue weighted by atomic mass is 10.1. The predicted octanol–water partition coefficient (Wildman–Crippen LogP) is 3.10. The average Bonchev–Trinajstić information content (AvgIpc) is 3.06. The zero-order valence-corrected chi connectivity index (χ0v) is 13.8. The molecule has 0 atom stereocenters. The van der Waals surface area contributed by atoms with Crippen molar-refractivity contribution >= 4 is 28.6 Å². The Morgan fingerprint density at radius 3 is 2.88 bits per heavy atom. The van der Waals surface area contributed by atoms with Gasteiger partial charge in [-0.05, 0) is 17.7 Å². The van der Waals surface area contributed by atoms with Gasteiger partial charge < -0.3 is 5.32 Å². The normalized spacial score (nSPS) is 10.5. The minimum Gasteiger partial charge on any atom is -0.350 e. The summed E-state index contributed by atoms with van der Waals surface area (Å²) < 4.78 is 0. The number of thioether (sulfide) groups is 1. The first kappa shape index (κ1) is 16.1. The molecule has 5 nitrogen and oxygen atoms in total. The van der Waals surface area contributed by atoms with Crippen LogP contribution in [0, 0.1) is 11.3 Å². The van der Waals surface area contributed by atoms with Crippen LogP contribution in [0.15, 0.2) is 48.5 Å². The zero-order chi connectivity index (χ0) is 16.8. The van der Waals surface area contributed by atoms with E-state index in [9.17, 15) is 4.79 Å². The van der Waals surface area contributed by atoms with Crippen molar-refractivity contribution in [3.63, 3.8) is 0 Å². The summed E-state index contributed by atoms with van der Waals surface area (Å²) in [4.78, 5) is 12.2. The molecule has 120 valence electrons. The summed E-state index contributed by atoms with van der Waals surface area (Å²) in [7, 11) is 0. The maximum Gasteiger partial charge on any atom is 0.272 e. The van der Waals surface area contributed by atoms with Gasteiger partial charge in [0.15, 0.2) is 5.69 Å². The highest BCUT2D eigenvalue weighted by molar-refractivity contribution is 7.98. The number of fused-ring (bicyclic) bond motifs is 1. The number of benzene rings is 2. The van der Waals surface area contributed by atoms with Gasteiger partial charge in [-0.25, -0.2) is 0 Å². The Kier molecular flexibility index (Phi) is 5.14. The second-order valence-electron chi connectivity index (χ2n) is 5.20. The third-order valence-electron chi connectivity index (χ3n) is 3.61. The summed E-state index contributed by atoms with van der Waals surface area (Å²) in [6.07, 6.45) is 0.